The number of carbonyl (C=O) groups is 1. The zero-order valence-electron chi connectivity index (χ0n) is 21.1. The van der Waals surface area contributed by atoms with Gasteiger partial charge < -0.3 is 14.4 Å². The number of carbonyl (C=O) groups excluding carboxylic acids is 1. The smallest absolute Gasteiger partial charge is 0.266 e. The fourth-order valence-electron chi connectivity index (χ4n) is 4.44. The molecule has 1 atom stereocenters. The number of amides is 1. The van der Waals surface area contributed by atoms with Crippen LogP contribution in [0.1, 0.15) is 41.1 Å². The summed E-state index contributed by atoms with van der Waals surface area (Å²) in [6.07, 6.45) is 0.552. The topological polar surface area (TPSA) is 73.7 Å². The van der Waals surface area contributed by atoms with E-state index in [2.05, 4.69) is 0 Å². The van der Waals surface area contributed by atoms with Crippen molar-refractivity contribution in [1.82, 2.24) is 14.5 Å². The van der Waals surface area contributed by atoms with Crippen LogP contribution in [0.15, 0.2) is 77.6 Å². The van der Waals surface area contributed by atoms with Crippen LogP contribution in [0.4, 0.5) is 0 Å². The zero-order valence-corrected chi connectivity index (χ0v) is 21.1. The molecule has 1 amide bonds. The SMILES string of the molecule is CCC(c1nc2ccccc2c(=O)n1-c1cccc(C)c1)N(CCOC)C(=O)c1cccc(OC)c1. The molecule has 1 heterocycles. The number of hydrogen-bond donors (Lipinski definition) is 0. The second-order valence-electron chi connectivity index (χ2n) is 8.61. The van der Waals surface area contributed by atoms with Crippen molar-refractivity contribution in [3.05, 3.63) is 100 Å². The third kappa shape index (κ3) is 5.02. The predicted molar refractivity (Wildman–Crippen MR) is 141 cm³/mol. The molecule has 1 unspecified atom stereocenters. The van der Waals surface area contributed by atoms with Crippen LogP contribution in [0.2, 0.25) is 0 Å². The molecule has 0 fully saturated rings. The van der Waals surface area contributed by atoms with Crippen LogP contribution in [0, 0.1) is 6.92 Å². The van der Waals surface area contributed by atoms with Crippen molar-refractivity contribution in [2.45, 2.75) is 26.3 Å². The first-order chi connectivity index (χ1) is 17.5. The molecular formula is C29H31N3O4. The lowest BCUT2D eigenvalue weighted by Crippen LogP contribution is -2.40. The molecule has 3 aromatic carbocycles. The summed E-state index contributed by atoms with van der Waals surface area (Å²) in [5, 5.41) is 0.528. The van der Waals surface area contributed by atoms with Crippen molar-refractivity contribution in [1.29, 1.82) is 0 Å². The first-order valence-corrected chi connectivity index (χ1v) is 12.0. The molecule has 4 rings (SSSR count). The van der Waals surface area contributed by atoms with Crippen molar-refractivity contribution in [2.24, 2.45) is 0 Å². The second kappa shape index (κ2) is 11.2. The molecule has 0 aliphatic heterocycles. The number of nitrogens with zero attached hydrogens (tertiary/aromatic N) is 3. The predicted octanol–water partition coefficient (Wildman–Crippen LogP) is 4.94. The van der Waals surface area contributed by atoms with E-state index in [1.807, 2.05) is 56.3 Å². The van der Waals surface area contributed by atoms with E-state index in [0.29, 0.717) is 53.3 Å². The van der Waals surface area contributed by atoms with Crippen LogP contribution >= 0.6 is 0 Å². The number of benzene rings is 3. The highest BCUT2D eigenvalue weighted by Crippen LogP contribution is 2.28. The third-order valence-electron chi connectivity index (χ3n) is 6.24. The van der Waals surface area contributed by atoms with Gasteiger partial charge >= 0.3 is 0 Å². The van der Waals surface area contributed by atoms with E-state index >= 15 is 0 Å². The van der Waals surface area contributed by atoms with Crippen molar-refractivity contribution >= 4 is 16.8 Å². The minimum absolute atomic E-state index is 0.167. The molecule has 0 spiro atoms. The van der Waals surface area contributed by atoms with E-state index in [-0.39, 0.29) is 11.5 Å². The lowest BCUT2D eigenvalue weighted by atomic mass is 10.1. The van der Waals surface area contributed by atoms with Crippen LogP contribution < -0.4 is 10.3 Å². The molecule has 186 valence electrons. The lowest BCUT2D eigenvalue weighted by Gasteiger charge is -2.32. The molecule has 36 heavy (non-hydrogen) atoms. The molecule has 0 aliphatic rings. The Morgan fingerprint density at radius 1 is 1.03 bits per heavy atom. The molecule has 0 bridgehead atoms. The normalized spacial score (nSPS) is 11.9. The highest BCUT2D eigenvalue weighted by molar-refractivity contribution is 5.95. The van der Waals surface area contributed by atoms with Crippen LogP contribution in [0.5, 0.6) is 5.75 Å². The van der Waals surface area contributed by atoms with E-state index in [1.54, 1.807) is 54.0 Å². The summed E-state index contributed by atoms with van der Waals surface area (Å²) in [5.41, 5.74) is 2.66. The quantitative estimate of drug-likeness (QED) is 0.336. The van der Waals surface area contributed by atoms with Gasteiger partial charge in [0, 0.05) is 19.2 Å². The Balaban J connectivity index is 1.93. The van der Waals surface area contributed by atoms with E-state index < -0.39 is 6.04 Å². The van der Waals surface area contributed by atoms with Gasteiger partial charge in [-0.25, -0.2) is 4.98 Å². The monoisotopic (exact) mass is 485 g/mol. The summed E-state index contributed by atoms with van der Waals surface area (Å²) in [5.74, 6) is 0.927. The summed E-state index contributed by atoms with van der Waals surface area (Å²) in [6.45, 7) is 4.65. The Kier molecular flexibility index (Phi) is 7.80. The highest BCUT2D eigenvalue weighted by Gasteiger charge is 2.30. The Bertz CT molecular complexity index is 1430. The molecular weight excluding hydrogens is 454 g/mol. The first-order valence-electron chi connectivity index (χ1n) is 12.0. The molecule has 0 radical (unpaired) electrons. The molecule has 7 nitrogen and oxygen atoms in total. The largest absolute Gasteiger partial charge is 0.497 e. The van der Waals surface area contributed by atoms with E-state index in [1.165, 1.54) is 0 Å². The van der Waals surface area contributed by atoms with Gasteiger partial charge in [0.05, 0.1) is 36.3 Å². The van der Waals surface area contributed by atoms with Gasteiger partial charge in [-0.3, -0.25) is 14.2 Å². The Labute approximate surface area is 210 Å². The van der Waals surface area contributed by atoms with Crippen molar-refractivity contribution in [2.75, 3.05) is 27.4 Å². The third-order valence-corrected chi connectivity index (χ3v) is 6.24. The van der Waals surface area contributed by atoms with Crippen LogP contribution in [0.3, 0.4) is 0 Å². The van der Waals surface area contributed by atoms with Crippen LogP contribution in [0.25, 0.3) is 16.6 Å². The highest BCUT2D eigenvalue weighted by atomic mass is 16.5. The number of fused-ring (bicyclic) bond motifs is 1. The maximum Gasteiger partial charge on any atom is 0.266 e. The second-order valence-corrected chi connectivity index (χ2v) is 8.61. The average Bonchev–Trinajstić information content (AvgIpc) is 2.90. The lowest BCUT2D eigenvalue weighted by molar-refractivity contribution is 0.0579. The van der Waals surface area contributed by atoms with Gasteiger partial charge in [-0.05, 0) is 61.4 Å². The van der Waals surface area contributed by atoms with Gasteiger partial charge in [0.2, 0.25) is 0 Å². The summed E-state index contributed by atoms with van der Waals surface area (Å²) in [4.78, 5) is 34.4. The minimum atomic E-state index is -0.475. The standard InChI is InChI=1S/C29H31N3O4/c1-5-26(31(16-17-35-3)28(33)21-11-9-13-23(19-21)36-4)27-30-25-15-7-6-14-24(25)29(34)32(27)22-12-8-10-20(2)18-22/h6-15,18-19,26H,5,16-17H2,1-4H3. The number of aromatic nitrogens is 2. The Hall–Kier alpha value is -3.97. The summed E-state index contributed by atoms with van der Waals surface area (Å²) in [7, 11) is 3.17. The van der Waals surface area contributed by atoms with Crippen molar-refractivity contribution in [3.8, 4) is 11.4 Å². The van der Waals surface area contributed by atoms with Crippen LogP contribution in [-0.4, -0.2) is 47.7 Å². The molecule has 0 saturated carbocycles. The van der Waals surface area contributed by atoms with E-state index in [4.69, 9.17) is 14.5 Å². The van der Waals surface area contributed by atoms with Gasteiger partial charge in [-0.15, -0.1) is 0 Å². The molecule has 1 aromatic heterocycles. The summed E-state index contributed by atoms with van der Waals surface area (Å²) >= 11 is 0. The number of rotatable bonds is 9. The van der Waals surface area contributed by atoms with Crippen LogP contribution in [-0.2, 0) is 4.74 Å². The van der Waals surface area contributed by atoms with Crippen molar-refractivity contribution < 1.29 is 14.3 Å². The zero-order chi connectivity index (χ0) is 25.7. The fourth-order valence-corrected chi connectivity index (χ4v) is 4.44. The van der Waals surface area contributed by atoms with Crippen molar-refractivity contribution in [3.63, 3.8) is 0 Å². The van der Waals surface area contributed by atoms with E-state index in [0.717, 1.165) is 5.56 Å². The van der Waals surface area contributed by atoms with Gasteiger partial charge in [0.15, 0.2) is 0 Å². The van der Waals surface area contributed by atoms with E-state index in [9.17, 15) is 9.59 Å². The Morgan fingerprint density at radius 2 is 1.81 bits per heavy atom. The molecule has 0 aliphatic carbocycles. The molecule has 4 aromatic rings. The first kappa shape index (κ1) is 25.1. The average molecular weight is 486 g/mol. The maximum atomic E-state index is 13.8. The summed E-state index contributed by atoms with van der Waals surface area (Å²) in [6, 6.07) is 21.7. The molecule has 0 saturated heterocycles. The van der Waals surface area contributed by atoms with Gasteiger partial charge in [0.1, 0.15) is 11.6 Å². The fraction of sp³-hybridized carbons (Fsp3) is 0.276. The van der Waals surface area contributed by atoms with Gasteiger partial charge in [0.25, 0.3) is 11.5 Å². The number of ether oxygens (including phenoxy) is 2. The summed E-state index contributed by atoms with van der Waals surface area (Å²) < 4.78 is 12.3. The molecule has 7 heteroatoms. The number of methoxy groups -OCH3 is 2. The number of aryl methyl sites for hydroxylation is 1. The van der Waals surface area contributed by atoms with Gasteiger partial charge in [-0.1, -0.05) is 37.3 Å². The number of hydrogen-bond acceptors (Lipinski definition) is 5. The number of para-hydroxylation sites is 1. The molecule has 0 N–H and O–H groups in total. The minimum Gasteiger partial charge on any atom is -0.497 e. The maximum absolute atomic E-state index is 13.8. The van der Waals surface area contributed by atoms with Gasteiger partial charge in [-0.2, -0.15) is 0 Å². The Morgan fingerprint density at radius 3 is 2.53 bits per heavy atom.